The monoisotopic (exact) mass is 448 g/mol. The molecule has 0 aliphatic heterocycles. The summed E-state index contributed by atoms with van der Waals surface area (Å²) in [6, 6.07) is 2.78. The van der Waals surface area contributed by atoms with E-state index in [2.05, 4.69) is 19.6 Å². The summed E-state index contributed by atoms with van der Waals surface area (Å²) < 4.78 is 38.5. The van der Waals surface area contributed by atoms with Gasteiger partial charge in [0.05, 0.1) is 6.61 Å². The van der Waals surface area contributed by atoms with Crippen LogP contribution in [0.4, 0.5) is 8.78 Å². The maximum Gasteiger partial charge on any atom is 0.204 e. The molecule has 4 atom stereocenters. The zero-order valence-corrected chi connectivity index (χ0v) is 20.5. The predicted octanol–water partition coefficient (Wildman–Crippen LogP) is 8.51. The molecule has 0 aromatic heterocycles. The van der Waals surface area contributed by atoms with E-state index >= 15 is 0 Å². The van der Waals surface area contributed by atoms with Gasteiger partial charge in [0.2, 0.25) is 11.6 Å². The lowest BCUT2D eigenvalue weighted by molar-refractivity contribution is 0.0976. The van der Waals surface area contributed by atoms with E-state index in [1.807, 2.05) is 19.9 Å². The molecule has 1 aromatic carbocycles. The average Bonchev–Trinajstić information content (AvgIpc) is 2.82. The van der Waals surface area contributed by atoms with E-state index in [1.165, 1.54) is 57.1 Å². The van der Waals surface area contributed by atoms with Gasteiger partial charge in [-0.05, 0) is 86.8 Å². The summed E-state index contributed by atoms with van der Waals surface area (Å²) in [5.41, 5.74) is 0.751. The number of benzene rings is 1. The molecule has 1 aromatic rings. The first-order valence-corrected chi connectivity index (χ1v) is 12.6. The normalized spacial score (nSPS) is 24.9. The molecule has 0 heterocycles. The fourth-order valence-corrected chi connectivity index (χ4v) is 5.21. The summed E-state index contributed by atoms with van der Waals surface area (Å²) in [4.78, 5) is 0. The maximum absolute atomic E-state index is 14.1. The average molecular weight is 449 g/mol. The quantitative estimate of drug-likeness (QED) is 0.352. The Bertz CT molecular complexity index is 743. The third kappa shape index (κ3) is 7.35. The molecular formula is C28H42F2O2. The maximum atomic E-state index is 14.1. The molecule has 2 saturated carbocycles. The Morgan fingerprint density at radius 3 is 2.09 bits per heavy atom. The fraction of sp³-hybridized carbons (Fsp3) is 0.643. The van der Waals surface area contributed by atoms with Crippen molar-refractivity contribution in [3.05, 3.63) is 48.1 Å². The molecule has 2 aliphatic carbocycles. The highest BCUT2D eigenvalue weighted by molar-refractivity contribution is 5.35. The van der Waals surface area contributed by atoms with Crippen LogP contribution in [0.3, 0.4) is 0 Å². The van der Waals surface area contributed by atoms with E-state index in [0.717, 1.165) is 35.7 Å². The van der Waals surface area contributed by atoms with Crippen LogP contribution in [0.25, 0.3) is 0 Å². The smallest absolute Gasteiger partial charge is 0.204 e. The Morgan fingerprint density at radius 2 is 1.50 bits per heavy atom. The van der Waals surface area contributed by atoms with Gasteiger partial charge in [0.15, 0.2) is 11.5 Å². The van der Waals surface area contributed by atoms with Crippen molar-refractivity contribution < 1.29 is 18.3 Å². The molecule has 2 aliphatic rings. The van der Waals surface area contributed by atoms with Crippen molar-refractivity contribution in [1.29, 1.82) is 0 Å². The zero-order valence-electron chi connectivity index (χ0n) is 20.5. The van der Waals surface area contributed by atoms with Crippen LogP contribution in [-0.2, 0) is 0 Å². The Kier molecular flexibility index (Phi) is 11.3. The summed E-state index contributed by atoms with van der Waals surface area (Å²) in [7, 11) is 0. The highest BCUT2D eigenvalue weighted by Crippen LogP contribution is 2.46. The molecule has 4 unspecified atom stereocenters. The molecule has 4 heteroatoms. The summed E-state index contributed by atoms with van der Waals surface area (Å²) in [6.07, 6.45) is 14.9. The van der Waals surface area contributed by atoms with Gasteiger partial charge in [0, 0.05) is 0 Å². The molecule has 0 radical (unpaired) electrons. The van der Waals surface area contributed by atoms with Gasteiger partial charge in [0.25, 0.3) is 0 Å². The van der Waals surface area contributed by atoms with Gasteiger partial charge in [0.1, 0.15) is 6.61 Å². The first kappa shape index (κ1) is 26.4. The number of rotatable bonds is 9. The lowest BCUT2D eigenvalue weighted by atomic mass is 9.64. The Labute approximate surface area is 194 Å². The van der Waals surface area contributed by atoms with Crippen molar-refractivity contribution in [3.8, 4) is 11.5 Å². The van der Waals surface area contributed by atoms with Gasteiger partial charge < -0.3 is 9.47 Å². The van der Waals surface area contributed by atoms with E-state index in [-0.39, 0.29) is 24.7 Å². The molecule has 2 fully saturated rings. The van der Waals surface area contributed by atoms with Crippen LogP contribution in [0.5, 0.6) is 11.5 Å². The summed E-state index contributed by atoms with van der Waals surface area (Å²) in [5.74, 6) is 1.34. The minimum atomic E-state index is -1.02. The molecule has 32 heavy (non-hydrogen) atoms. The van der Waals surface area contributed by atoms with Crippen LogP contribution in [-0.4, -0.2) is 13.2 Å². The number of hydrogen-bond acceptors (Lipinski definition) is 2. The van der Waals surface area contributed by atoms with Crippen LogP contribution in [0.15, 0.2) is 36.4 Å². The fourth-order valence-electron chi connectivity index (χ4n) is 5.21. The number of halogens is 2. The number of fused-ring (bicyclic) bond motifs is 1. The van der Waals surface area contributed by atoms with Crippen molar-refractivity contribution in [2.75, 3.05) is 13.2 Å². The molecule has 2 nitrogen and oxygen atoms in total. The minimum Gasteiger partial charge on any atom is -0.491 e. The van der Waals surface area contributed by atoms with Crippen LogP contribution in [0, 0.1) is 35.3 Å². The molecule has 180 valence electrons. The third-order valence-corrected chi connectivity index (χ3v) is 6.95. The van der Waals surface area contributed by atoms with E-state index in [4.69, 9.17) is 9.47 Å². The standard InChI is InChI=1S/C26H36F2O2.C2H6/c1-4-19-9-11-22-16-20(10-12-21(22)15-19)8-6-7-18(3)17-30-24-14-13-23(29-5-2)25(27)26(24)28;1-2/h6-7,13-14,19-22H,3-5,8-12,15-17H2,1-2H3;1-2H3/b7-6-;. The topological polar surface area (TPSA) is 18.5 Å². The minimum absolute atomic E-state index is 0.0982. The second-order valence-electron chi connectivity index (χ2n) is 8.99. The van der Waals surface area contributed by atoms with Crippen molar-refractivity contribution >= 4 is 0 Å². The molecule has 0 N–H and O–H groups in total. The van der Waals surface area contributed by atoms with Crippen molar-refractivity contribution in [3.63, 3.8) is 0 Å². The summed E-state index contributed by atoms with van der Waals surface area (Å²) >= 11 is 0. The highest BCUT2D eigenvalue weighted by Gasteiger charge is 2.34. The van der Waals surface area contributed by atoms with Crippen LogP contribution < -0.4 is 9.47 Å². The van der Waals surface area contributed by atoms with Crippen LogP contribution >= 0.6 is 0 Å². The summed E-state index contributed by atoms with van der Waals surface area (Å²) in [6.45, 7) is 12.4. The zero-order chi connectivity index (χ0) is 23.5. The SMILES string of the molecule is C=C(/C=C\CC1CCC2CC(CC)CCC2C1)COc1ccc(OCC)c(F)c1F.CC. The number of ether oxygens (including phenoxy) is 2. The lowest BCUT2D eigenvalue weighted by Gasteiger charge is -2.42. The number of hydrogen-bond donors (Lipinski definition) is 0. The first-order chi connectivity index (χ1) is 15.5. The lowest BCUT2D eigenvalue weighted by Crippen LogP contribution is -2.30. The molecule has 3 rings (SSSR count). The number of allylic oxidation sites excluding steroid dienone is 1. The second kappa shape index (κ2) is 13.6. The highest BCUT2D eigenvalue weighted by atomic mass is 19.2. The van der Waals surface area contributed by atoms with Gasteiger partial charge in [-0.25, -0.2) is 0 Å². The first-order valence-electron chi connectivity index (χ1n) is 12.6. The van der Waals surface area contributed by atoms with Gasteiger partial charge in [-0.15, -0.1) is 0 Å². The van der Waals surface area contributed by atoms with Crippen LogP contribution in [0.1, 0.15) is 79.1 Å². The molecular weight excluding hydrogens is 406 g/mol. The second-order valence-corrected chi connectivity index (χ2v) is 8.99. The largest absolute Gasteiger partial charge is 0.491 e. The van der Waals surface area contributed by atoms with Gasteiger partial charge in [-0.1, -0.05) is 52.3 Å². The molecule has 0 spiro atoms. The molecule has 0 bridgehead atoms. The molecule has 0 amide bonds. The predicted molar refractivity (Wildman–Crippen MR) is 129 cm³/mol. The Balaban J connectivity index is 0.00000176. The van der Waals surface area contributed by atoms with E-state index in [0.29, 0.717) is 0 Å². The van der Waals surface area contributed by atoms with Crippen molar-refractivity contribution in [1.82, 2.24) is 0 Å². The van der Waals surface area contributed by atoms with E-state index < -0.39 is 11.6 Å². The van der Waals surface area contributed by atoms with Gasteiger partial charge in [-0.3, -0.25) is 0 Å². The Hall–Kier alpha value is -1.84. The van der Waals surface area contributed by atoms with E-state index in [1.54, 1.807) is 6.92 Å². The van der Waals surface area contributed by atoms with Crippen molar-refractivity contribution in [2.45, 2.75) is 79.1 Å². The van der Waals surface area contributed by atoms with Gasteiger partial charge >= 0.3 is 0 Å². The molecule has 0 saturated heterocycles. The van der Waals surface area contributed by atoms with Gasteiger partial charge in [-0.2, -0.15) is 8.78 Å². The summed E-state index contributed by atoms with van der Waals surface area (Å²) in [5, 5.41) is 0. The Morgan fingerprint density at radius 1 is 0.938 bits per heavy atom. The van der Waals surface area contributed by atoms with Crippen molar-refractivity contribution in [2.24, 2.45) is 23.7 Å². The van der Waals surface area contributed by atoms with E-state index in [9.17, 15) is 8.78 Å². The van der Waals surface area contributed by atoms with Crippen LogP contribution in [0.2, 0.25) is 0 Å². The third-order valence-electron chi connectivity index (χ3n) is 6.95.